The first-order chi connectivity index (χ1) is 13.6. The second-order valence-electron chi connectivity index (χ2n) is 6.75. The van der Waals surface area contributed by atoms with E-state index in [1.165, 1.54) is 43.9 Å². The van der Waals surface area contributed by atoms with Crippen molar-refractivity contribution >= 4 is 17.4 Å². The van der Waals surface area contributed by atoms with Crippen molar-refractivity contribution in [2.75, 3.05) is 24.6 Å². The molecule has 0 atom stereocenters. The number of nitro groups is 1. The Balaban J connectivity index is 1.45. The van der Waals surface area contributed by atoms with E-state index in [0.717, 1.165) is 24.5 Å². The first-order valence-corrected chi connectivity index (χ1v) is 9.45. The largest absolute Gasteiger partial charge is 0.484 e. The van der Waals surface area contributed by atoms with Crippen molar-refractivity contribution in [3.63, 3.8) is 0 Å². The number of non-ortho nitro benzene ring substituents is 1. The lowest BCUT2D eigenvalue weighted by atomic mass is 10.2. The Bertz CT molecular complexity index is 802. The first-order valence-electron chi connectivity index (χ1n) is 9.45. The highest BCUT2D eigenvalue weighted by atomic mass is 16.6. The maximum Gasteiger partial charge on any atom is 0.273 e. The van der Waals surface area contributed by atoms with E-state index in [4.69, 9.17) is 4.74 Å². The number of carbonyl (C=O) groups is 1. The number of pyridine rings is 1. The summed E-state index contributed by atoms with van der Waals surface area (Å²) in [7, 11) is 0. The molecule has 1 aliphatic heterocycles. The van der Waals surface area contributed by atoms with Crippen LogP contribution in [0.3, 0.4) is 0 Å². The van der Waals surface area contributed by atoms with Gasteiger partial charge in [0.2, 0.25) is 0 Å². The molecular formula is C20H24N4O4. The Morgan fingerprint density at radius 2 is 1.96 bits per heavy atom. The molecule has 1 aromatic heterocycles. The molecule has 0 saturated carbocycles. The molecule has 1 amide bonds. The molecule has 28 heavy (non-hydrogen) atoms. The molecule has 1 N–H and O–H groups in total. The monoisotopic (exact) mass is 384 g/mol. The van der Waals surface area contributed by atoms with E-state index in [-0.39, 0.29) is 24.0 Å². The van der Waals surface area contributed by atoms with E-state index in [1.807, 2.05) is 12.1 Å². The summed E-state index contributed by atoms with van der Waals surface area (Å²) in [5, 5.41) is 13.5. The summed E-state index contributed by atoms with van der Waals surface area (Å²) in [6, 6.07) is 9.71. The Kier molecular flexibility index (Phi) is 6.78. The fourth-order valence-electron chi connectivity index (χ4n) is 3.10. The molecule has 1 fully saturated rings. The third-order valence-electron chi connectivity index (χ3n) is 4.63. The second-order valence-corrected chi connectivity index (χ2v) is 6.75. The topological polar surface area (TPSA) is 97.6 Å². The minimum absolute atomic E-state index is 0.0755. The fourth-order valence-corrected chi connectivity index (χ4v) is 3.10. The number of carbonyl (C=O) groups excluding carboxylic acids is 1. The lowest BCUT2D eigenvalue weighted by Gasteiger charge is -2.21. The molecule has 1 aliphatic rings. The summed E-state index contributed by atoms with van der Waals surface area (Å²) < 4.78 is 5.32. The van der Waals surface area contributed by atoms with Crippen LogP contribution < -0.4 is 15.0 Å². The average molecular weight is 384 g/mol. The third-order valence-corrected chi connectivity index (χ3v) is 4.63. The lowest BCUT2D eigenvalue weighted by molar-refractivity contribution is -0.384. The summed E-state index contributed by atoms with van der Waals surface area (Å²) in [5.41, 5.74) is 0.829. The number of amides is 1. The lowest BCUT2D eigenvalue weighted by Crippen LogP contribution is -2.28. The van der Waals surface area contributed by atoms with Crippen LogP contribution in [0.25, 0.3) is 0 Å². The highest BCUT2D eigenvalue weighted by molar-refractivity contribution is 5.77. The van der Waals surface area contributed by atoms with Crippen molar-refractivity contribution in [3.05, 3.63) is 58.3 Å². The van der Waals surface area contributed by atoms with Gasteiger partial charge in [-0.05, 0) is 30.5 Å². The zero-order chi connectivity index (χ0) is 19.8. The van der Waals surface area contributed by atoms with Crippen molar-refractivity contribution in [1.82, 2.24) is 10.3 Å². The van der Waals surface area contributed by atoms with Gasteiger partial charge >= 0.3 is 0 Å². The molecular weight excluding hydrogens is 360 g/mol. The minimum Gasteiger partial charge on any atom is -0.484 e. The van der Waals surface area contributed by atoms with Gasteiger partial charge in [0.05, 0.1) is 11.0 Å². The number of anilines is 1. The highest BCUT2D eigenvalue weighted by Crippen LogP contribution is 2.19. The predicted molar refractivity (Wildman–Crippen MR) is 105 cm³/mol. The standard InChI is InChI=1S/C20H24N4O4/c25-20(15-28-18-7-5-6-17(12-18)24(26)27)22-14-16-8-9-19(21-13-16)23-10-3-1-2-4-11-23/h5-9,12-13H,1-4,10-11,14-15H2,(H,22,25). The number of nitro benzene ring substituents is 1. The minimum atomic E-state index is -0.505. The van der Waals surface area contributed by atoms with Gasteiger partial charge in [-0.25, -0.2) is 4.98 Å². The number of nitrogens with one attached hydrogen (secondary N) is 1. The fraction of sp³-hybridized carbons (Fsp3) is 0.400. The number of ether oxygens (including phenoxy) is 1. The van der Waals surface area contributed by atoms with Crippen LogP contribution in [0.15, 0.2) is 42.6 Å². The Morgan fingerprint density at radius 1 is 1.18 bits per heavy atom. The molecule has 0 bridgehead atoms. The van der Waals surface area contributed by atoms with Gasteiger partial charge in [-0.15, -0.1) is 0 Å². The first kappa shape index (κ1) is 19.6. The van der Waals surface area contributed by atoms with Crippen LogP contribution in [0.2, 0.25) is 0 Å². The molecule has 3 rings (SSSR count). The van der Waals surface area contributed by atoms with Crippen molar-refractivity contribution < 1.29 is 14.5 Å². The number of hydrogen-bond donors (Lipinski definition) is 1. The molecule has 8 nitrogen and oxygen atoms in total. The molecule has 2 heterocycles. The van der Waals surface area contributed by atoms with Crippen molar-refractivity contribution in [3.8, 4) is 5.75 Å². The predicted octanol–water partition coefficient (Wildman–Crippen LogP) is 3.07. The van der Waals surface area contributed by atoms with E-state index < -0.39 is 4.92 Å². The molecule has 0 aliphatic carbocycles. The molecule has 1 saturated heterocycles. The van der Waals surface area contributed by atoms with Crippen LogP contribution in [-0.4, -0.2) is 35.5 Å². The van der Waals surface area contributed by atoms with Crippen molar-refractivity contribution in [2.24, 2.45) is 0 Å². The van der Waals surface area contributed by atoms with Crippen LogP contribution in [0.5, 0.6) is 5.75 Å². The maximum atomic E-state index is 12.0. The highest BCUT2D eigenvalue weighted by Gasteiger charge is 2.11. The van der Waals surface area contributed by atoms with E-state index in [9.17, 15) is 14.9 Å². The molecule has 1 aromatic carbocycles. The summed E-state index contributed by atoms with van der Waals surface area (Å²) >= 11 is 0. The van der Waals surface area contributed by atoms with Crippen molar-refractivity contribution in [1.29, 1.82) is 0 Å². The smallest absolute Gasteiger partial charge is 0.273 e. The summed E-state index contributed by atoms with van der Waals surface area (Å²) in [6.07, 6.45) is 6.73. The van der Waals surface area contributed by atoms with Gasteiger partial charge in [0.25, 0.3) is 11.6 Å². The number of benzene rings is 1. The van der Waals surface area contributed by atoms with E-state index in [2.05, 4.69) is 15.2 Å². The van der Waals surface area contributed by atoms with Gasteiger partial charge < -0.3 is 15.0 Å². The molecule has 0 unspecified atom stereocenters. The van der Waals surface area contributed by atoms with Gasteiger partial charge in [-0.1, -0.05) is 25.0 Å². The molecule has 0 radical (unpaired) electrons. The molecule has 148 valence electrons. The van der Waals surface area contributed by atoms with Crippen LogP contribution in [0, 0.1) is 10.1 Å². The summed E-state index contributed by atoms with van der Waals surface area (Å²) in [4.78, 5) is 29.0. The number of nitrogens with zero attached hydrogens (tertiary/aromatic N) is 3. The SMILES string of the molecule is O=C(COc1cccc([N+](=O)[O-])c1)NCc1ccc(N2CCCCCC2)nc1. The molecule has 0 spiro atoms. The van der Waals surface area contributed by atoms with Crippen LogP contribution >= 0.6 is 0 Å². The Hall–Kier alpha value is -3.16. The van der Waals surface area contributed by atoms with Gasteiger partial charge in [0.1, 0.15) is 11.6 Å². The van der Waals surface area contributed by atoms with Crippen LogP contribution in [0.4, 0.5) is 11.5 Å². The van der Waals surface area contributed by atoms with Gasteiger partial charge in [0.15, 0.2) is 6.61 Å². The average Bonchev–Trinajstić information content (AvgIpc) is 3.01. The number of aromatic nitrogens is 1. The van der Waals surface area contributed by atoms with Crippen LogP contribution in [-0.2, 0) is 11.3 Å². The number of hydrogen-bond acceptors (Lipinski definition) is 6. The van der Waals surface area contributed by atoms with E-state index in [0.29, 0.717) is 6.54 Å². The van der Waals surface area contributed by atoms with Gasteiger partial charge in [-0.3, -0.25) is 14.9 Å². The summed E-state index contributed by atoms with van der Waals surface area (Å²) in [5.74, 6) is 0.960. The van der Waals surface area contributed by atoms with Crippen molar-refractivity contribution in [2.45, 2.75) is 32.2 Å². The Labute approximate surface area is 163 Å². The van der Waals surface area contributed by atoms with E-state index >= 15 is 0 Å². The normalized spacial score (nSPS) is 14.2. The maximum absolute atomic E-state index is 12.0. The zero-order valence-electron chi connectivity index (χ0n) is 15.7. The van der Waals surface area contributed by atoms with E-state index in [1.54, 1.807) is 12.3 Å². The van der Waals surface area contributed by atoms with Crippen LogP contribution in [0.1, 0.15) is 31.2 Å². The summed E-state index contributed by atoms with van der Waals surface area (Å²) in [6.45, 7) is 2.22. The van der Waals surface area contributed by atoms with Gasteiger partial charge in [-0.2, -0.15) is 0 Å². The zero-order valence-corrected chi connectivity index (χ0v) is 15.7. The van der Waals surface area contributed by atoms with Gasteiger partial charge in [0, 0.05) is 31.9 Å². The Morgan fingerprint density at radius 3 is 2.64 bits per heavy atom. The third kappa shape index (κ3) is 5.67. The molecule has 2 aromatic rings. The second kappa shape index (κ2) is 9.68. The number of rotatable bonds is 7. The quantitative estimate of drug-likeness (QED) is 0.582. The molecule has 8 heteroatoms.